The van der Waals surface area contributed by atoms with E-state index >= 15 is 0 Å². The minimum absolute atomic E-state index is 0.151. The molecule has 33 heavy (non-hydrogen) atoms. The number of hydrogen-bond acceptors (Lipinski definition) is 6. The molecule has 0 aliphatic heterocycles. The van der Waals surface area contributed by atoms with Crippen LogP contribution < -0.4 is 20.3 Å². The molecular formula is C24H25N5O4. The number of carbonyl (C=O) groups excluding carboxylic acids is 1. The maximum Gasteiger partial charge on any atom is 0.264 e. The van der Waals surface area contributed by atoms with Gasteiger partial charge >= 0.3 is 0 Å². The molecule has 2 aromatic carbocycles. The lowest BCUT2D eigenvalue weighted by atomic mass is 10.1. The zero-order valence-corrected chi connectivity index (χ0v) is 18.7. The fourth-order valence-electron chi connectivity index (χ4n) is 3.64. The maximum atomic E-state index is 12.9. The van der Waals surface area contributed by atoms with Crippen LogP contribution in [0.4, 0.5) is 0 Å². The van der Waals surface area contributed by atoms with E-state index in [0.717, 1.165) is 11.1 Å². The Morgan fingerprint density at radius 1 is 1.09 bits per heavy atom. The molecule has 0 spiro atoms. The van der Waals surface area contributed by atoms with Gasteiger partial charge in [0.2, 0.25) is 0 Å². The van der Waals surface area contributed by atoms with Gasteiger partial charge in [0.15, 0.2) is 17.1 Å². The summed E-state index contributed by atoms with van der Waals surface area (Å²) < 4.78 is 13.6. The average molecular weight is 447 g/mol. The third-order valence-corrected chi connectivity index (χ3v) is 5.31. The Labute approximate surface area is 190 Å². The van der Waals surface area contributed by atoms with Crippen LogP contribution in [0.1, 0.15) is 21.5 Å². The lowest BCUT2D eigenvalue weighted by Gasteiger charge is -2.10. The molecule has 0 aliphatic carbocycles. The molecule has 0 fully saturated rings. The minimum Gasteiger partial charge on any atom is -0.493 e. The molecule has 2 aromatic heterocycles. The highest BCUT2D eigenvalue weighted by molar-refractivity contribution is 5.94. The first-order valence-corrected chi connectivity index (χ1v) is 10.5. The second-order valence-electron chi connectivity index (χ2n) is 7.60. The monoisotopic (exact) mass is 447 g/mol. The first kappa shape index (κ1) is 22.1. The van der Waals surface area contributed by atoms with E-state index in [1.165, 1.54) is 26.7 Å². The van der Waals surface area contributed by atoms with Crippen molar-refractivity contribution < 1.29 is 14.3 Å². The second-order valence-corrected chi connectivity index (χ2v) is 7.60. The Balaban J connectivity index is 1.44. The molecule has 0 radical (unpaired) electrons. The average Bonchev–Trinajstić information content (AvgIpc) is 3.24. The molecule has 1 amide bonds. The Hall–Kier alpha value is -4.14. The van der Waals surface area contributed by atoms with E-state index in [1.807, 2.05) is 31.2 Å². The Kier molecular flexibility index (Phi) is 6.39. The molecular weight excluding hydrogens is 422 g/mol. The van der Waals surface area contributed by atoms with Crippen molar-refractivity contribution in [1.82, 2.24) is 24.6 Å². The van der Waals surface area contributed by atoms with Crippen LogP contribution in [-0.2, 0) is 13.1 Å². The number of nitrogens with one attached hydrogen (secondary N) is 1. The summed E-state index contributed by atoms with van der Waals surface area (Å²) in [6, 6.07) is 13.0. The number of amides is 1. The van der Waals surface area contributed by atoms with E-state index in [-0.39, 0.29) is 11.5 Å². The summed E-state index contributed by atoms with van der Waals surface area (Å²) in [4.78, 5) is 29.8. The third kappa shape index (κ3) is 4.72. The van der Waals surface area contributed by atoms with Gasteiger partial charge in [-0.05, 0) is 30.7 Å². The zero-order valence-electron chi connectivity index (χ0n) is 18.7. The van der Waals surface area contributed by atoms with Crippen molar-refractivity contribution in [3.05, 3.63) is 82.0 Å². The van der Waals surface area contributed by atoms with Crippen LogP contribution in [0.3, 0.4) is 0 Å². The van der Waals surface area contributed by atoms with E-state index in [2.05, 4.69) is 15.4 Å². The van der Waals surface area contributed by atoms with Crippen LogP contribution in [0.25, 0.3) is 11.0 Å². The number of rotatable bonds is 8. The predicted octanol–water partition coefficient (Wildman–Crippen LogP) is 2.40. The van der Waals surface area contributed by atoms with Crippen molar-refractivity contribution in [3.63, 3.8) is 0 Å². The maximum absolute atomic E-state index is 12.9. The fraction of sp³-hybridized carbons (Fsp3) is 0.250. The molecule has 0 unspecified atom stereocenters. The number of nitrogens with zero attached hydrogens (tertiary/aromatic N) is 4. The number of aromatic nitrogens is 4. The van der Waals surface area contributed by atoms with Gasteiger partial charge in [0.05, 0.1) is 33.5 Å². The van der Waals surface area contributed by atoms with E-state index < -0.39 is 0 Å². The number of fused-ring (bicyclic) bond motifs is 1. The molecule has 0 aliphatic rings. The van der Waals surface area contributed by atoms with E-state index in [9.17, 15) is 9.59 Å². The summed E-state index contributed by atoms with van der Waals surface area (Å²) in [6.45, 7) is 3.15. The summed E-state index contributed by atoms with van der Waals surface area (Å²) in [6.07, 6.45) is 3.06. The first-order chi connectivity index (χ1) is 16.0. The van der Waals surface area contributed by atoms with Crippen molar-refractivity contribution in [2.24, 2.45) is 0 Å². The third-order valence-electron chi connectivity index (χ3n) is 5.31. The molecule has 0 bridgehead atoms. The number of aryl methyl sites for hydroxylation is 1. The lowest BCUT2D eigenvalue weighted by Crippen LogP contribution is -2.27. The molecule has 2 heterocycles. The Bertz CT molecular complexity index is 1360. The van der Waals surface area contributed by atoms with Crippen LogP contribution >= 0.6 is 0 Å². The summed E-state index contributed by atoms with van der Waals surface area (Å²) >= 11 is 0. The highest BCUT2D eigenvalue weighted by Gasteiger charge is 2.13. The standard InChI is InChI=1S/C24H25N5O4/c1-16-5-4-6-17(11-16)14-28-15-26-22-19(24(28)31)13-27-29(22)10-9-25-23(30)18-7-8-20(32-2)21(12-18)33-3/h4-8,11-13,15H,9-10,14H2,1-3H3,(H,25,30). The SMILES string of the molecule is COc1ccc(C(=O)NCCn2ncc3c(=O)n(Cc4cccc(C)c4)cnc32)cc1OC. The van der Waals surface area contributed by atoms with Gasteiger partial charge in [0.1, 0.15) is 11.7 Å². The topological polar surface area (TPSA) is 100 Å². The molecule has 0 atom stereocenters. The summed E-state index contributed by atoms with van der Waals surface area (Å²) in [7, 11) is 3.06. The second kappa shape index (κ2) is 9.56. The van der Waals surface area contributed by atoms with Crippen LogP contribution in [0, 0.1) is 6.92 Å². The van der Waals surface area contributed by atoms with Gasteiger partial charge < -0.3 is 14.8 Å². The quantitative estimate of drug-likeness (QED) is 0.445. The van der Waals surface area contributed by atoms with Gasteiger partial charge in [0.25, 0.3) is 11.5 Å². The van der Waals surface area contributed by atoms with E-state index in [1.54, 1.807) is 27.4 Å². The van der Waals surface area contributed by atoms with Crippen molar-refractivity contribution in [2.75, 3.05) is 20.8 Å². The van der Waals surface area contributed by atoms with Gasteiger partial charge in [0, 0.05) is 12.1 Å². The van der Waals surface area contributed by atoms with Crippen molar-refractivity contribution in [1.29, 1.82) is 0 Å². The minimum atomic E-state index is -0.249. The summed E-state index contributed by atoms with van der Waals surface area (Å²) in [5, 5.41) is 7.58. The predicted molar refractivity (Wildman–Crippen MR) is 124 cm³/mol. The van der Waals surface area contributed by atoms with Gasteiger partial charge in [-0.1, -0.05) is 29.8 Å². The zero-order chi connectivity index (χ0) is 23.4. The highest BCUT2D eigenvalue weighted by Crippen LogP contribution is 2.27. The molecule has 1 N–H and O–H groups in total. The Morgan fingerprint density at radius 3 is 2.67 bits per heavy atom. The summed E-state index contributed by atoms with van der Waals surface area (Å²) in [5.41, 5.74) is 2.96. The molecule has 9 heteroatoms. The molecule has 0 saturated carbocycles. The number of benzene rings is 2. The van der Waals surface area contributed by atoms with Crippen LogP contribution in [0.5, 0.6) is 11.5 Å². The number of methoxy groups -OCH3 is 2. The number of ether oxygens (including phenoxy) is 2. The normalized spacial score (nSPS) is 10.9. The van der Waals surface area contributed by atoms with Gasteiger partial charge in [-0.15, -0.1) is 0 Å². The Morgan fingerprint density at radius 2 is 1.91 bits per heavy atom. The van der Waals surface area contributed by atoms with Crippen molar-refractivity contribution in [2.45, 2.75) is 20.0 Å². The van der Waals surface area contributed by atoms with E-state index in [4.69, 9.17) is 9.47 Å². The van der Waals surface area contributed by atoms with Crippen molar-refractivity contribution >= 4 is 16.9 Å². The molecule has 4 rings (SSSR count). The molecule has 0 saturated heterocycles. The summed E-state index contributed by atoms with van der Waals surface area (Å²) in [5.74, 6) is 0.784. The molecule has 9 nitrogen and oxygen atoms in total. The highest BCUT2D eigenvalue weighted by atomic mass is 16.5. The largest absolute Gasteiger partial charge is 0.493 e. The van der Waals surface area contributed by atoms with Crippen LogP contribution in [0.2, 0.25) is 0 Å². The van der Waals surface area contributed by atoms with Crippen LogP contribution in [-0.4, -0.2) is 46.0 Å². The lowest BCUT2D eigenvalue weighted by molar-refractivity contribution is 0.0951. The molecule has 170 valence electrons. The van der Waals surface area contributed by atoms with Gasteiger partial charge in [-0.2, -0.15) is 5.10 Å². The van der Waals surface area contributed by atoms with E-state index in [0.29, 0.717) is 47.7 Å². The fourth-order valence-corrected chi connectivity index (χ4v) is 3.64. The van der Waals surface area contributed by atoms with Crippen LogP contribution in [0.15, 0.2) is 59.8 Å². The number of carbonyl (C=O) groups is 1. The number of hydrogen-bond donors (Lipinski definition) is 1. The van der Waals surface area contributed by atoms with Gasteiger partial charge in [-0.25, -0.2) is 9.67 Å². The smallest absolute Gasteiger partial charge is 0.264 e. The van der Waals surface area contributed by atoms with Gasteiger partial charge in [-0.3, -0.25) is 14.2 Å². The molecule has 4 aromatic rings. The first-order valence-electron chi connectivity index (χ1n) is 10.5. The van der Waals surface area contributed by atoms with Crippen molar-refractivity contribution in [3.8, 4) is 11.5 Å².